The minimum absolute atomic E-state index is 0.00792. The Labute approximate surface area is 199 Å². The number of piperidine rings is 2. The lowest BCUT2D eigenvalue weighted by Gasteiger charge is -2.47. The van der Waals surface area contributed by atoms with Crippen LogP contribution in [0.4, 0.5) is 5.69 Å². The van der Waals surface area contributed by atoms with Gasteiger partial charge in [-0.05, 0) is 43.4 Å². The van der Waals surface area contributed by atoms with Crippen LogP contribution < -0.4 is 15.6 Å². The summed E-state index contributed by atoms with van der Waals surface area (Å²) in [5, 5.41) is 3.00. The van der Waals surface area contributed by atoms with Crippen molar-refractivity contribution in [2.75, 3.05) is 38.1 Å². The fraction of sp³-hybridized carbons (Fsp3) is 0.500. The lowest BCUT2D eigenvalue weighted by molar-refractivity contribution is -0.130. The van der Waals surface area contributed by atoms with Crippen molar-refractivity contribution < 1.29 is 14.3 Å². The SMILES string of the molecule is CC(=O)N1CCC(N2C[C@@H]3C[C@H](C2)c2c(NC(=O)COc4ccccc4)ccc(=O)n2C3)CC1. The number of nitrogens with zero attached hydrogens (tertiary/aromatic N) is 3. The minimum atomic E-state index is -0.239. The predicted octanol–water partition coefficient (Wildman–Crippen LogP) is 2.30. The second-order valence-electron chi connectivity index (χ2n) is 9.72. The standard InChI is InChI=1S/C26H32N4O4/c1-18(31)28-11-9-21(10-12-28)29-14-19-13-20(16-29)26-23(7-8-25(33)30(26)15-19)27-24(32)17-34-22-5-3-2-4-6-22/h2-8,19-21H,9-17H2,1H3,(H,27,32)/t19-,20+/m0/s1. The van der Waals surface area contributed by atoms with Crippen molar-refractivity contribution in [3.63, 3.8) is 0 Å². The number of fused-ring (bicyclic) bond motifs is 4. The highest BCUT2D eigenvalue weighted by Crippen LogP contribution is 2.40. The van der Waals surface area contributed by atoms with Gasteiger partial charge in [0.1, 0.15) is 5.75 Å². The Morgan fingerprint density at radius 2 is 1.79 bits per heavy atom. The van der Waals surface area contributed by atoms with Gasteiger partial charge in [-0.2, -0.15) is 0 Å². The van der Waals surface area contributed by atoms with Crippen molar-refractivity contribution in [3.8, 4) is 5.75 Å². The molecule has 1 N–H and O–H groups in total. The second-order valence-corrected chi connectivity index (χ2v) is 9.72. The first-order chi connectivity index (χ1) is 16.5. The highest BCUT2D eigenvalue weighted by atomic mass is 16.5. The van der Waals surface area contributed by atoms with E-state index in [0.29, 0.717) is 29.9 Å². The number of anilines is 1. The van der Waals surface area contributed by atoms with E-state index in [-0.39, 0.29) is 29.9 Å². The first-order valence-corrected chi connectivity index (χ1v) is 12.2. The largest absolute Gasteiger partial charge is 0.484 e. The maximum absolute atomic E-state index is 12.7. The fourth-order valence-corrected chi connectivity index (χ4v) is 5.85. The Morgan fingerprint density at radius 1 is 1.03 bits per heavy atom. The minimum Gasteiger partial charge on any atom is -0.484 e. The highest BCUT2D eigenvalue weighted by molar-refractivity contribution is 5.92. The summed E-state index contributed by atoms with van der Waals surface area (Å²) in [6.45, 7) is 5.70. The number of carbonyl (C=O) groups is 2. The van der Waals surface area contributed by atoms with Crippen LogP contribution in [0.15, 0.2) is 47.3 Å². The smallest absolute Gasteiger partial charge is 0.262 e. The van der Waals surface area contributed by atoms with Gasteiger partial charge >= 0.3 is 0 Å². The first kappa shape index (κ1) is 22.7. The van der Waals surface area contributed by atoms with Crippen LogP contribution in [0.5, 0.6) is 5.75 Å². The fourth-order valence-electron chi connectivity index (χ4n) is 5.85. The van der Waals surface area contributed by atoms with E-state index >= 15 is 0 Å². The highest BCUT2D eigenvalue weighted by Gasteiger charge is 2.39. The number of aromatic nitrogens is 1. The molecular formula is C26H32N4O4. The van der Waals surface area contributed by atoms with Crippen LogP contribution in [0, 0.1) is 5.92 Å². The molecule has 0 aliphatic carbocycles. The number of amides is 2. The third kappa shape index (κ3) is 4.73. The number of ether oxygens (including phenoxy) is 1. The molecule has 0 saturated carbocycles. The molecule has 3 aliphatic rings. The Morgan fingerprint density at radius 3 is 2.53 bits per heavy atom. The topological polar surface area (TPSA) is 83.9 Å². The van der Waals surface area contributed by atoms with Gasteiger partial charge in [0.15, 0.2) is 6.61 Å². The average Bonchev–Trinajstić information content (AvgIpc) is 2.85. The lowest BCUT2D eigenvalue weighted by Crippen LogP contribution is -2.53. The van der Waals surface area contributed by atoms with Gasteiger partial charge in [0, 0.05) is 63.4 Å². The van der Waals surface area contributed by atoms with Gasteiger partial charge in [-0.3, -0.25) is 19.3 Å². The molecule has 1 aromatic heterocycles. The summed E-state index contributed by atoms with van der Waals surface area (Å²) in [6.07, 6.45) is 3.00. The predicted molar refractivity (Wildman–Crippen MR) is 129 cm³/mol. The molecule has 180 valence electrons. The molecule has 2 saturated heterocycles. The lowest BCUT2D eigenvalue weighted by atomic mass is 9.81. The Hall–Kier alpha value is -3.13. The number of hydrogen-bond acceptors (Lipinski definition) is 5. The number of hydrogen-bond donors (Lipinski definition) is 1. The van der Waals surface area contributed by atoms with Crippen LogP contribution in [0.25, 0.3) is 0 Å². The van der Waals surface area contributed by atoms with Crippen molar-refractivity contribution in [2.45, 2.75) is 44.7 Å². The van der Waals surface area contributed by atoms with Gasteiger partial charge in [0.25, 0.3) is 11.5 Å². The molecule has 1 aromatic carbocycles. The van der Waals surface area contributed by atoms with Gasteiger partial charge in [0.05, 0.1) is 5.69 Å². The molecule has 0 radical (unpaired) electrons. The van der Waals surface area contributed by atoms with Crippen LogP contribution in [-0.2, 0) is 16.1 Å². The van der Waals surface area contributed by atoms with Gasteiger partial charge in [-0.1, -0.05) is 18.2 Å². The summed E-state index contributed by atoms with van der Waals surface area (Å²) in [7, 11) is 0. The monoisotopic (exact) mass is 464 g/mol. The molecule has 8 nitrogen and oxygen atoms in total. The molecule has 2 bridgehead atoms. The van der Waals surface area contributed by atoms with Crippen LogP contribution in [-0.4, -0.2) is 65.0 Å². The molecule has 0 unspecified atom stereocenters. The van der Waals surface area contributed by atoms with E-state index in [4.69, 9.17) is 4.74 Å². The number of nitrogens with one attached hydrogen (secondary N) is 1. The molecule has 4 heterocycles. The molecule has 3 aliphatic heterocycles. The normalized spacial score (nSPS) is 22.7. The molecular weight excluding hydrogens is 432 g/mol. The Balaban J connectivity index is 1.30. The van der Waals surface area contributed by atoms with E-state index in [1.165, 1.54) is 0 Å². The zero-order valence-corrected chi connectivity index (χ0v) is 19.6. The number of para-hydroxylation sites is 1. The summed E-state index contributed by atoms with van der Waals surface area (Å²) in [4.78, 5) is 41.6. The average molecular weight is 465 g/mol. The van der Waals surface area contributed by atoms with Crippen LogP contribution in [0.2, 0.25) is 0 Å². The van der Waals surface area contributed by atoms with E-state index < -0.39 is 0 Å². The zero-order chi connectivity index (χ0) is 23.7. The van der Waals surface area contributed by atoms with Gasteiger partial charge in [-0.25, -0.2) is 0 Å². The van der Waals surface area contributed by atoms with Crippen LogP contribution in [0.3, 0.4) is 0 Å². The summed E-state index contributed by atoms with van der Waals surface area (Å²) in [5.74, 6) is 1.17. The summed E-state index contributed by atoms with van der Waals surface area (Å²) in [6, 6.07) is 13.0. The molecule has 2 amide bonds. The number of rotatable bonds is 5. The van der Waals surface area contributed by atoms with Crippen molar-refractivity contribution >= 4 is 17.5 Å². The van der Waals surface area contributed by atoms with Crippen LogP contribution in [0.1, 0.15) is 37.8 Å². The Kier molecular flexibility index (Phi) is 6.41. The van der Waals surface area contributed by atoms with Gasteiger partial charge in [0.2, 0.25) is 5.91 Å². The molecule has 2 atom stereocenters. The van der Waals surface area contributed by atoms with Gasteiger partial charge in [-0.15, -0.1) is 0 Å². The van der Waals surface area contributed by atoms with Crippen molar-refractivity contribution in [2.24, 2.45) is 5.92 Å². The van der Waals surface area contributed by atoms with E-state index in [2.05, 4.69) is 10.2 Å². The molecule has 0 spiro atoms. The zero-order valence-electron chi connectivity index (χ0n) is 19.6. The maximum Gasteiger partial charge on any atom is 0.262 e. The number of carbonyl (C=O) groups excluding carboxylic acids is 2. The van der Waals surface area contributed by atoms with Crippen molar-refractivity contribution in [1.29, 1.82) is 0 Å². The first-order valence-electron chi connectivity index (χ1n) is 12.2. The second kappa shape index (κ2) is 9.62. The van der Waals surface area contributed by atoms with Crippen molar-refractivity contribution in [1.82, 2.24) is 14.4 Å². The van der Waals surface area contributed by atoms with E-state index in [0.717, 1.165) is 51.1 Å². The van der Waals surface area contributed by atoms with E-state index in [9.17, 15) is 14.4 Å². The van der Waals surface area contributed by atoms with E-state index in [1.54, 1.807) is 19.1 Å². The maximum atomic E-state index is 12.7. The summed E-state index contributed by atoms with van der Waals surface area (Å²) >= 11 is 0. The molecule has 34 heavy (non-hydrogen) atoms. The Bertz CT molecular complexity index is 1110. The third-order valence-electron chi connectivity index (χ3n) is 7.43. The molecule has 8 heteroatoms. The third-order valence-corrected chi connectivity index (χ3v) is 7.43. The number of likely N-dealkylation sites (tertiary alicyclic amines) is 2. The number of benzene rings is 1. The molecule has 2 aromatic rings. The van der Waals surface area contributed by atoms with Crippen LogP contribution >= 0.6 is 0 Å². The quantitative estimate of drug-likeness (QED) is 0.734. The van der Waals surface area contributed by atoms with Crippen molar-refractivity contribution in [3.05, 3.63) is 58.5 Å². The summed E-state index contributed by atoms with van der Waals surface area (Å²) < 4.78 is 7.46. The summed E-state index contributed by atoms with van der Waals surface area (Å²) in [5.41, 5.74) is 1.63. The van der Waals surface area contributed by atoms with Gasteiger partial charge < -0.3 is 19.5 Å². The number of pyridine rings is 1. The molecule has 2 fully saturated rings. The molecule has 5 rings (SSSR count). The van der Waals surface area contributed by atoms with E-state index in [1.807, 2.05) is 39.8 Å².